The van der Waals surface area contributed by atoms with Gasteiger partial charge in [0, 0.05) is 24.7 Å². The Hall–Kier alpha value is -1.02. The van der Waals surface area contributed by atoms with Crippen LogP contribution in [0.15, 0.2) is 24.3 Å². The molecule has 2 aliphatic rings. The van der Waals surface area contributed by atoms with Crippen molar-refractivity contribution < 1.29 is 0 Å². The van der Waals surface area contributed by atoms with E-state index in [2.05, 4.69) is 48.3 Å². The summed E-state index contributed by atoms with van der Waals surface area (Å²) in [6, 6.07) is 8.87. The Morgan fingerprint density at radius 2 is 2.05 bits per heavy atom. The van der Waals surface area contributed by atoms with Gasteiger partial charge in [0.15, 0.2) is 0 Å². The van der Waals surface area contributed by atoms with Gasteiger partial charge in [-0.3, -0.25) is 0 Å². The van der Waals surface area contributed by atoms with Gasteiger partial charge in [0.25, 0.3) is 0 Å². The van der Waals surface area contributed by atoms with E-state index in [0.29, 0.717) is 11.3 Å². The summed E-state index contributed by atoms with van der Waals surface area (Å²) in [6.07, 6.45) is 5.36. The average molecular weight is 272 g/mol. The Kier molecular flexibility index (Phi) is 4.02. The average Bonchev–Trinajstić information content (AvgIpc) is 2.61. The Bertz CT molecular complexity index is 452. The summed E-state index contributed by atoms with van der Waals surface area (Å²) in [6.45, 7) is 9.79. The molecule has 0 spiro atoms. The van der Waals surface area contributed by atoms with Crippen molar-refractivity contribution in [2.24, 2.45) is 5.41 Å². The molecule has 2 heteroatoms. The van der Waals surface area contributed by atoms with Crippen LogP contribution in [-0.4, -0.2) is 31.1 Å². The highest BCUT2D eigenvalue weighted by Gasteiger charge is 2.26. The Balaban J connectivity index is 1.67. The molecule has 0 bridgehead atoms. The molecule has 110 valence electrons. The van der Waals surface area contributed by atoms with E-state index in [9.17, 15) is 0 Å². The second kappa shape index (κ2) is 5.77. The topological polar surface area (TPSA) is 15.3 Å². The van der Waals surface area contributed by atoms with Crippen LogP contribution >= 0.6 is 0 Å². The molecule has 1 aromatic carbocycles. The quantitative estimate of drug-likeness (QED) is 0.872. The van der Waals surface area contributed by atoms with E-state index in [1.54, 1.807) is 0 Å². The molecule has 1 aromatic rings. The number of likely N-dealkylation sites (tertiary alicyclic amines) is 1. The lowest BCUT2D eigenvalue weighted by molar-refractivity contribution is 0.245. The van der Waals surface area contributed by atoms with E-state index in [1.807, 2.05) is 0 Å². The lowest BCUT2D eigenvalue weighted by Gasteiger charge is -2.31. The van der Waals surface area contributed by atoms with E-state index in [0.717, 1.165) is 6.54 Å². The summed E-state index contributed by atoms with van der Waals surface area (Å²) in [5, 5.41) is 3.54. The number of fused-ring (bicyclic) bond motifs is 1. The first-order valence-electron chi connectivity index (χ1n) is 8.19. The first kappa shape index (κ1) is 13.9. The van der Waals surface area contributed by atoms with Crippen molar-refractivity contribution in [2.75, 3.05) is 31.5 Å². The van der Waals surface area contributed by atoms with Crippen molar-refractivity contribution in [3.05, 3.63) is 29.8 Å². The second-order valence-corrected chi connectivity index (χ2v) is 7.32. The summed E-state index contributed by atoms with van der Waals surface area (Å²) in [7, 11) is 0. The first-order chi connectivity index (χ1) is 9.64. The van der Waals surface area contributed by atoms with Crippen LogP contribution in [0.25, 0.3) is 0 Å². The molecule has 20 heavy (non-hydrogen) atoms. The largest absolute Gasteiger partial charge is 0.385 e. The molecule has 0 aromatic heterocycles. The zero-order valence-electron chi connectivity index (χ0n) is 13.0. The summed E-state index contributed by atoms with van der Waals surface area (Å²) < 4.78 is 0. The molecule has 1 saturated heterocycles. The van der Waals surface area contributed by atoms with Crippen molar-refractivity contribution in [3.63, 3.8) is 0 Å². The molecule has 3 rings (SSSR count). The number of nitrogens with one attached hydrogen (secondary N) is 1. The van der Waals surface area contributed by atoms with Crippen molar-refractivity contribution in [1.82, 2.24) is 4.90 Å². The van der Waals surface area contributed by atoms with Gasteiger partial charge in [-0.05, 0) is 55.8 Å². The third kappa shape index (κ3) is 3.17. The Morgan fingerprint density at radius 1 is 1.20 bits per heavy atom. The number of rotatable bonds is 2. The maximum Gasteiger partial charge on any atom is 0.0376 e. The highest BCUT2D eigenvalue weighted by atomic mass is 15.1. The monoisotopic (exact) mass is 272 g/mol. The van der Waals surface area contributed by atoms with Gasteiger partial charge in [0.05, 0.1) is 0 Å². The zero-order valence-corrected chi connectivity index (χ0v) is 13.0. The first-order valence-corrected chi connectivity index (χ1v) is 8.19. The molecule has 0 aliphatic carbocycles. The fraction of sp³-hybridized carbons (Fsp3) is 0.667. The van der Waals surface area contributed by atoms with Crippen LogP contribution < -0.4 is 5.32 Å². The summed E-state index contributed by atoms with van der Waals surface area (Å²) in [4.78, 5) is 2.71. The normalized spacial score (nSPS) is 26.4. The SMILES string of the molecule is CC1(C)CCCN(CC2CCNc3ccccc32)CC1. The standard InChI is InChI=1S/C18H28N2/c1-18(2)9-5-12-20(13-10-18)14-15-8-11-19-17-7-4-3-6-16(15)17/h3-4,6-7,15,19H,5,8-14H2,1-2H3. The van der Waals surface area contributed by atoms with Gasteiger partial charge < -0.3 is 10.2 Å². The molecule has 1 unspecified atom stereocenters. The minimum absolute atomic E-state index is 0.542. The van der Waals surface area contributed by atoms with E-state index in [-0.39, 0.29) is 0 Å². The molecule has 2 heterocycles. The fourth-order valence-corrected chi connectivity index (χ4v) is 3.71. The minimum Gasteiger partial charge on any atom is -0.385 e. The van der Waals surface area contributed by atoms with Gasteiger partial charge in [0.1, 0.15) is 0 Å². The number of hydrogen-bond acceptors (Lipinski definition) is 2. The van der Waals surface area contributed by atoms with E-state index in [4.69, 9.17) is 0 Å². The molecule has 1 N–H and O–H groups in total. The smallest absolute Gasteiger partial charge is 0.0376 e. The third-order valence-electron chi connectivity index (χ3n) is 5.12. The lowest BCUT2D eigenvalue weighted by atomic mass is 9.85. The molecule has 1 fully saturated rings. The molecule has 0 radical (unpaired) electrons. The molecule has 2 nitrogen and oxygen atoms in total. The van der Waals surface area contributed by atoms with Crippen molar-refractivity contribution in [1.29, 1.82) is 0 Å². The van der Waals surface area contributed by atoms with Crippen LogP contribution in [0.2, 0.25) is 0 Å². The van der Waals surface area contributed by atoms with E-state index < -0.39 is 0 Å². The van der Waals surface area contributed by atoms with Crippen LogP contribution in [0.4, 0.5) is 5.69 Å². The highest BCUT2D eigenvalue weighted by Crippen LogP contribution is 2.34. The van der Waals surface area contributed by atoms with Crippen molar-refractivity contribution >= 4 is 5.69 Å². The predicted octanol–water partition coefficient (Wildman–Crippen LogP) is 4.10. The number of para-hydroxylation sites is 1. The molecule has 0 saturated carbocycles. The Labute approximate surface area is 123 Å². The van der Waals surface area contributed by atoms with Gasteiger partial charge in [-0.25, -0.2) is 0 Å². The molecular weight excluding hydrogens is 244 g/mol. The van der Waals surface area contributed by atoms with Gasteiger partial charge in [-0.1, -0.05) is 32.0 Å². The van der Waals surface area contributed by atoms with Gasteiger partial charge >= 0.3 is 0 Å². The number of benzene rings is 1. The predicted molar refractivity (Wildman–Crippen MR) is 86.4 cm³/mol. The van der Waals surface area contributed by atoms with Crippen LogP contribution in [0.3, 0.4) is 0 Å². The minimum atomic E-state index is 0.542. The maximum absolute atomic E-state index is 3.54. The maximum atomic E-state index is 3.54. The number of anilines is 1. The molecule has 0 amide bonds. The lowest BCUT2D eigenvalue weighted by Crippen LogP contribution is -2.32. The number of hydrogen-bond donors (Lipinski definition) is 1. The van der Waals surface area contributed by atoms with E-state index >= 15 is 0 Å². The Morgan fingerprint density at radius 3 is 2.95 bits per heavy atom. The van der Waals surface area contributed by atoms with Crippen LogP contribution in [0.1, 0.15) is 51.0 Å². The van der Waals surface area contributed by atoms with Crippen LogP contribution in [-0.2, 0) is 0 Å². The molecule has 2 aliphatic heterocycles. The van der Waals surface area contributed by atoms with E-state index in [1.165, 1.54) is 56.6 Å². The molecule has 1 atom stereocenters. The number of nitrogens with zero attached hydrogens (tertiary/aromatic N) is 1. The van der Waals surface area contributed by atoms with Gasteiger partial charge in [0.2, 0.25) is 0 Å². The second-order valence-electron chi connectivity index (χ2n) is 7.32. The van der Waals surface area contributed by atoms with Gasteiger partial charge in [-0.15, -0.1) is 0 Å². The summed E-state index contributed by atoms with van der Waals surface area (Å²) in [5.41, 5.74) is 3.43. The zero-order chi connectivity index (χ0) is 14.0. The van der Waals surface area contributed by atoms with Gasteiger partial charge in [-0.2, -0.15) is 0 Å². The van der Waals surface area contributed by atoms with Crippen LogP contribution in [0, 0.1) is 5.41 Å². The van der Waals surface area contributed by atoms with Crippen LogP contribution in [0.5, 0.6) is 0 Å². The fourth-order valence-electron chi connectivity index (χ4n) is 3.71. The summed E-state index contributed by atoms with van der Waals surface area (Å²) in [5.74, 6) is 0.716. The third-order valence-corrected chi connectivity index (χ3v) is 5.12. The highest BCUT2D eigenvalue weighted by molar-refractivity contribution is 5.54. The summed E-state index contributed by atoms with van der Waals surface area (Å²) >= 11 is 0. The molecular formula is C18H28N2. The van der Waals surface area contributed by atoms with Crippen molar-refractivity contribution in [2.45, 2.75) is 45.4 Å². The van der Waals surface area contributed by atoms with Crippen molar-refractivity contribution in [3.8, 4) is 0 Å².